The van der Waals surface area contributed by atoms with E-state index in [1.807, 2.05) is 0 Å². The fraction of sp³-hybridized carbons (Fsp3) is 0.500. The van der Waals surface area contributed by atoms with Gasteiger partial charge in [0.2, 0.25) is 0 Å². The highest BCUT2D eigenvalue weighted by atomic mass is 35.5. The fourth-order valence-electron chi connectivity index (χ4n) is 1.76. The molecule has 1 atom stereocenters. The number of hydrogen-bond acceptors (Lipinski definition) is 4. The first-order chi connectivity index (χ1) is 9.65. The molecule has 1 rings (SSSR count). The molecular weight excluding hydrogens is 330 g/mol. The maximum absolute atomic E-state index is 13.1. The van der Waals surface area contributed by atoms with Gasteiger partial charge in [0.05, 0.1) is 18.8 Å². The predicted molar refractivity (Wildman–Crippen MR) is 74.2 cm³/mol. The zero-order chi connectivity index (χ0) is 16.3. The van der Waals surface area contributed by atoms with E-state index in [-0.39, 0.29) is 23.8 Å². The summed E-state index contributed by atoms with van der Waals surface area (Å²) in [6.45, 7) is 3.09. The van der Waals surface area contributed by atoms with Crippen molar-refractivity contribution >= 4 is 19.2 Å². The Labute approximate surface area is 125 Å². The summed E-state index contributed by atoms with van der Waals surface area (Å²) in [6, 6.07) is 3.06. The van der Waals surface area contributed by atoms with Crippen molar-refractivity contribution in [2.24, 2.45) is 5.73 Å². The molecule has 0 heterocycles. The standard InChI is InChI=1S/C12H16ClF3NO3P/c1-3-19-21(18,20-4-2)11(17)9-6-5-8(13)7-10(9)12(14,15)16/h5-7,11H,3-4,17H2,1-2H3/t11-/m1/s1. The van der Waals surface area contributed by atoms with Gasteiger partial charge in [-0.15, -0.1) is 0 Å². The van der Waals surface area contributed by atoms with Gasteiger partial charge in [0, 0.05) is 5.02 Å². The zero-order valence-electron chi connectivity index (χ0n) is 11.5. The van der Waals surface area contributed by atoms with Crippen molar-refractivity contribution < 1.29 is 26.8 Å². The Morgan fingerprint density at radius 1 is 1.29 bits per heavy atom. The largest absolute Gasteiger partial charge is 0.416 e. The topological polar surface area (TPSA) is 61.5 Å². The minimum atomic E-state index is -4.68. The molecule has 0 aromatic heterocycles. The van der Waals surface area contributed by atoms with E-state index >= 15 is 0 Å². The Bertz CT molecular complexity index is 529. The van der Waals surface area contributed by atoms with Gasteiger partial charge in [-0.05, 0) is 31.5 Å². The Balaban J connectivity index is 3.34. The van der Waals surface area contributed by atoms with Gasteiger partial charge in [0.1, 0.15) is 5.78 Å². The summed E-state index contributed by atoms with van der Waals surface area (Å²) in [5, 5.41) is -0.0964. The van der Waals surface area contributed by atoms with Crippen LogP contribution in [-0.2, 0) is 19.8 Å². The van der Waals surface area contributed by atoms with E-state index in [2.05, 4.69) is 0 Å². The molecule has 120 valence electrons. The molecule has 0 amide bonds. The molecule has 0 saturated heterocycles. The third kappa shape index (κ3) is 4.44. The maximum Gasteiger partial charge on any atom is 0.416 e. The summed E-state index contributed by atoms with van der Waals surface area (Å²) in [6.07, 6.45) is -4.68. The number of halogens is 4. The van der Waals surface area contributed by atoms with Crippen molar-refractivity contribution in [3.05, 3.63) is 34.3 Å². The van der Waals surface area contributed by atoms with E-state index in [1.54, 1.807) is 13.8 Å². The van der Waals surface area contributed by atoms with Crippen LogP contribution in [0.15, 0.2) is 18.2 Å². The van der Waals surface area contributed by atoms with E-state index < -0.39 is 25.1 Å². The smallest absolute Gasteiger partial charge is 0.314 e. The van der Waals surface area contributed by atoms with Crippen LogP contribution in [0, 0.1) is 0 Å². The van der Waals surface area contributed by atoms with Crippen LogP contribution in [0.1, 0.15) is 30.8 Å². The minimum absolute atomic E-state index is 0.0000806. The second-order valence-corrected chi connectivity index (χ2v) is 6.64. The first kappa shape index (κ1) is 18.5. The van der Waals surface area contributed by atoms with Crippen molar-refractivity contribution in [2.45, 2.75) is 25.8 Å². The average molecular weight is 346 g/mol. The molecule has 9 heteroatoms. The van der Waals surface area contributed by atoms with Crippen LogP contribution in [-0.4, -0.2) is 13.2 Å². The van der Waals surface area contributed by atoms with Crippen LogP contribution in [0.5, 0.6) is 0 Å². The molecule has 1 aromatic carbocycles. The summed E-state index contributed by atoms with van der Waals surface area (Å²) in [7, 11) is -3.91. The molecule has 21 heavy (non-hydrogen) atoms. The molecule has 0 fully saturated rings. The molecule has 0 unspecified atom stereocenters. The fourth-order valence-corrected chi connectivity index (χ4v) is 3.61. The maximum atomic E-state index is 13.1. The van der Waals surface area contributed by atoms with E-state index in [0.717, 1.165) is 12.1 Å². The molecule has 4 nitrogen and oxygen atoms in total. The van der Waals surface area contributed by atoms with E-state index in [0.29, 0.717) is 0 Å². The van der Waals surface area contributed by atoms with Gasteiger partial charge in [-0.2, -0.15) is 13.2 Å². The summed E-state index contributed by atoms with van der Waals surface area (Å²) in [5.41, 5.74) is 4.31. The summed E-state index contributed by atoms with van der Waals surface area (Å²) in [5.74, 6) is -1.55. The quantitative estimate of drug-likeness (QED) is 0.766. The lowest BCUT2D eigenvalue weighted by Crippen LogP contribution is -2.20. The molecule has 0 aliphatic carbocycles. The van der Waals surface area contributed by atoms with Gasteiger partial charge in [-0.3, -0.25) is 4.57 Å². The number of benzene rings is 1. The summed E-state index contributed by atoms with van der Waals surface area (Å²) >= 11 is 5.59. The molecule has 0 bridgehead atoms. The first-order valence-corrected chi connectivity index (χ1v) is 8.15. The lowest BCUT2D eigenvalue weighted by molar-refractivity contribution is -0.138. The first-order valence-electron chi connectivity index (χ1n) is 6.16. The number of alkyl halides is 3. The van der Waals surface area contributed by atoms with Crippen molar-refractivity contribution in [3.8, 4) is 0 Å². The predicted octanol–water partition coefficient (Wildman–Crippen LogP) is 4.58. The molecule has 0 saturated carbocycles. The zero-order valence-corrected chi connectivity index (χ0v) is 13.1. The van der Waals surface area contributed by atoms with Crippen molar-refractivity contribution in [1.82, 2.24) is 0 Å². The Hall–Kier alpha value is -0.590. The van der Waals surface area contributed by atoms with Crippen LogP contribution in [0.3, 0.4) is 0 Å². The SMILES string of the molecule is CCOP(=O)(OCC)[C@@H](N)c1ccc(Cl)cc1C(F)(F)F. The van der Waals surface area contributed by atoms with E-state index in [4.69, 9.17) is 26.4 Å². The third-order valence-electron chi connectivity index (χ3n) is 2.60. The van der Waals surface area contributed by atoms with Gasteiger partial charge in [-0.1, -0.05) is 17.7 Å². The Morgan fingerprint density at radius 2 is 1.81 bits per heavy atom. The highest BCUT2D eigenvalue weighted by Crippen LogP contribution is 2.59. The van der Waals surface area contributed by atoms with Crippen molar-refractivity contribution in [3.63, 3.8) is 0 Å². The van der Waals surface area contributed by atoms with Crippen LogP contribution in [0.2, 0.25) is 5.02 Å². The van der Waals surface area contributed by atoms with E-state index in [9.17, 15) is 17.7 Å². The van der Waals surface area contributed by atoms with Gasteiger partial charge in [-0.25, -0.2) is 0 Å². The molecular formula is C12H16ClF3NO3P. The number of hydrogen-bond donors (Lipinski definition) is 1. The summed E-state index contributed by atoms with van der Waals surface area (Å²) < 4.78 is 61.7. The van der Waals surface area contributed by atoms with Gasteiger partial charge in [0.15, 0.2) is 0 Å². The average Bonchev–Trinajstić information content (AvgIpc) is 2.37. The van der Waals surface area contributed by atoms with Crippen molar-refractivity contribution in [1.29, 1.82) is 0 Å². The van der Waals surface area contributed by atoms with Gasteiger partial charge >= 0.3 is 13.8 Å². The van der Waals surface area contributed by atoms with Crippen LogP contribution in [0.25, 0.3) is 0 Å². The Morgan fingerprint density at radius 3 is 2.24 bits per heavy atom. The van der Waals surface area contributed by atoms with Crippen LogP contribution in [0.4, 0.5) is 13.2 Å². The normalized spacial score (nSPS) is 14.2. The van der Waals surface area contributed by atoms with Gasteiger partial charge in [0.25, 0.3) is 0 Å². The molecule has 0 spiro atoms. The minimum Gasteiger partial charge on any atom is -0.314 e. The Kier molecular flexibility index (Phi) is 6.25. The van der Waals surface area contributed by atoms with Crippen LogP contribution < -0.4 is 5.73 Å². The second kappa shape index (κ2) is 7.11. The lowest BCUT2D eigenvalue weighted by Gasteiger charge is -2.25. The molecule has 1 aromatic rings. The number of nitrogens with two attached hydrogens (primary N) is 1. The lowest BCUT2D eigenvalue weighted by atomic mass is 10.1. The highest BCUT2D eigenvalue weighted by molar-refractivity contribution is 7.54. The molecule has 0 aliphatic rings. The second-order valence-electron chi connectivity index (χ2n) is 4.05. The van der Waals surface area contributed by atoms with Crippen LogP contribution >= 0.6 is 19.2 Å². The monoisotopic (exact) mass is 345 g/mol. The molecule has 0 aliphatic heterocycles. The molecule has 0 radical (unpaired) electrons. The third-order valence-corrected chi connectivity index (χ3v) is 5.03. The van der Waals surface area contributed by atoms with E-state index in [1.165, 1.54) is 6.07 Å². The highest BCUT2D eigenvalue weighted by Gasteiger charge is 2.41. The van der Waals surface area contributed by atoms with Gasteiger partial charge < -0.3 is 14.8 Å². The summed E-state index contributed by atoms with van der Waals surface area (Å²) in [4.78, 5) is 0. The molecule has 2 N–H and O–H groups in total. The number of rotatable bonds is 6. The van der Waals surface area contributed by atoms with Crippen molar-refractivity contribution in [2.75, 3.05) is 13.2 Å².